The molecule has 33 heavy (non-hydrogen) atoms. The zero-order valence-electron chi connectivity index (χ0n) is 17.3. The van der Waals surface area contributed by atoms with Crippen molar-refractivity contribution in [1.29, 1.82) is 0 Å². The molecule has 4 aromatic rings. The molecular formula is C25H19F2NO4S. The first-order chi connectivity index (χ1) is 15.8. The first-order valence-corrected chi connectivity index (χ1v) is 11.5. The van der Waals surface area contributed by atoms with Crippen LogP contribution in [0, 0.1) is 11.6 Å². The van der Waals surface area contributed by atoms with Crippen LogP contribution in [0.2, 0.25) is 0 Å². The van der Waals surface area contributed by atoms with Crippen LogP contribution in [0.3, 0.4) is 0 Å². The molecule has 0 fully saturated rings. The Kier molecular flexibility index (Phi) is 6.48. The van der Waals surface area contributed by atoms with Crippen LogP contribution in [-0.2, 0) is 21.4 Å². The van der Waals surface area contributed by atoms with Gasteiger partial charge >= 0.3 is 5.97 Å². The first-order valence-electron chi connectivity index (χ1n) is 10.0. The van der Waals surface area contributed by atoms with E-state index in [1.54, 1.807) is 42.5 Å². The molecule has 8 heteroatoms. The lowest BCUT2D eigenvalue weighted by Crippen LogP contribution is -2.37. The topological polar surface area (TPSA) is 63.7 Å². The molecule has 4 aromatic carbocycles. The molecule has 0 aromatic heterocycles. The minimum Gasteiger partial charge on any atom is -0.425 e. The number of benzene rings is 4. The maximum atomic E-state index is 13.7. The van der Waals surface area contributed by atoms with E-state index in [2.05, 4.69) is 0 Å². The molecule has 5 nitrogen and oxygen atoms in total. The van der Waals surface area contributed by atoms with Crippen LogP contribution in [-0.4, -0.2) is 25.2 Å². The van der Waals surface area contributed by atoms with Crippen molar-refractivity contribution in [2.45, 2.75) is 11.4 Å². The summed E-state index contributed by atoms with van der Waals surface area (Å²) in [4.78, 5) is 12.7. The molecule has 168 valence electrons. The number of halogens is 2. The van der Waals surface area contributed by atoms with E-state index in [4.69, 9.17) is 4.74 Å². The summed E-state index contributed by atoms with van der Waals surface area (Å²) in [5.74, 6) is -2.24. The third kappa shape index (κ3) is 5.24. The van der Waals surface area contributed by atoms with Gasteiger partial charge in [0.15, 0.2) is 0 Å². The lowest BCUT2D eigenvalue weighted by molar-refractivity contribution is -0.134. The molecule has 0 saturated carbocycles. The number of carbonyl (C=O) groups excluding carboxylic acids is 1. The molecule has 0 aliphatic carbocycles. The van der Waals surface area contributed by atoms with E-state index in [1.807, 2.05) is 18.2 Å². The first kappa shape index (κ1) is 22.6. The molecule has 0 heterocycles. The molecule has 0 N–H and O–H groups in total. The third-order valence-electron chi connectivity index (χ3n) is 4.94. The van der Waals surface area contributed by atoms with Crippen molar-refractivity contribution in [3.05, 3.63) is 108 Å². The summed E-state index contributed by atoms with van der Waals surface area (Å²) in [6, 6.07) is 22.7. The lowest BCUT2D eigenvalue weighted by Gasteiger charge is -2.22. The van der Waals surface area contributed by atoms with E-state index < -0.39 is 40.7 Å². The van der Waals surface area contributed by atoms with Crippen LogP contribution in [0.15, 0.2) is 95.9 Å². The van der Waals surface area contributed by atoms with Crippen molar-refractivity contribution in [2.24, 2.45) is 0 Å². The normalized spacial score (nSPS) is 11.6. The van der Waals surface area contributed by atoms with Gasteiger partial charge in [0.2, 0.25) is 10.0 Å². The van der Waals surface area contributed by atoms with Crippen LogP contribution in [0.5, 0.6) is 5.75 Å². The molecular weight excluding hydrogens is 448 g/mol. The average Bonchev–Trinajstić information content (AvgIpc) is 2.79. The standard InChI is InChI=1S/C25H19F2NO4S/c26-20-13-18(14-21(27)15-20)16-28(33(30,31)22-9-2-1-3-10-22)17-25(29)32-24-12-6-8-19-7-4-5-11-23(19)24/h1-15H,16-17H2. The smallest absolute Gasteiger partial charge is 0.326 e. The van der Waals surface area contributed by atoms with Crippen molar-refractivity contribution in [3.63, 3.8) is 0 Å². The number of nitrogens with zero attached hydrogens (tertiary/aromatic N) is 1. The average molecular weight is 467 g/mol. The van der Waals surface area contributed by atoms with Crippen molar-refractivity contribution in [3.8, 4) is 5.75 Å². The molecule has 0 aliphatic rings. The minimum absolute atomic E-state index is 0.0557. The quantitative estimate of drug-likeness (QED) is 0.286. The second-order valence-electron chi connectivity index (χ2n) is 7.32. The van der Waals surface area contributed by atoms with Crippen molar-refractivity contribution < 1.29 is 26.7 Å². The Bertz CT molecular complexity index is 1380. The second kappa shape index (κ2) is 9.48. The molecule has 0 unspecified atom stereocenters. The summed E-state index contributed by atoms with van der Waals surface area (Å²) in [6.45, 7) is -1.07. The van der Waals surface area contributed by atoms with Gasteiger partial charge in [-0.3, -0.25) is 4.79 Å². The number of fused-ring (bicyclic) bond motifs is 1. The van der Waals surface area contributed by atoms with Crippen LogP contribution >= 0.6 is 0 Å². The Labute approximate surface area is 189 Å². The Morgan fingerprint density at radius 3 is 2.18 bits per heavy atom. The SMILES string of the molecule is O=C(CN(Cc1cc(F)cc(F)c1)S(=O)(=O)c1ccccc1)Oc1cccc2ccccc12. The summed E-state index contributed by atoms with van der Waals surface area (Å²) < 4.78 is 60.2. The highest BCUT2D eigenvalue weighted by Gasteiger charge is 2.28. The molecule has 4 rings (SSSR count). The van der Waals surface area contributed by atoms with E-state index >= 15 is 0 Å². The molecule has 0 radical (unpaired) electrons. The van der Waals surface area contributed by atoms with Gasteiger partial charge in [0.1, 0.15) is 23.9 Å². The number of esters is 1. The van der Waals surface area contributed by atoms with Gasteiger partial charge in [-0.1, -0.05) is 54.6 Å². The number of rotatable bonds is 7. The van der Waals surface area contributed by atoms with E-state index in [1.165, 1.54) is 12.1 Å². The Hall–Kier alpha value is -3.62. The highest BCUT2D eigenvalue weighted by Crippen LogP contribution is 2.26. The van der Waals surface area contributed by atoms with E-state index in [9.17, 15) is 22.0 Å². The van der Waals surface area contributed by atoms with Gasteiger partial charge in [0.05, 0.1) is 4.90 Å². The van der Waals surface area contributed by atoms with Crippen LogP contribution in [0.25, 0.3) is 10.8 Å². The highest BCUT2D eigenvalue weighted by atomic mass is 32.2. The molecule has 0 saturated heterocycles. The lowest BCUT2D eigenvalue weighted by atomic mass is 10.1. The number of ether oxygens (including phenoxy) is 1. The monoisotopic (exact) mass is 467 g/mol. The Balaban J connectivity index is 1.64. The van der Waals surface area contributed by atoms with Crippen molar-refractivity contribution in [1.82, 2.24) is 4.31 Å². The highest BCUT2D eigenvalue weighted by molar-refractivity contribution is 7.89. The van der Waals surface area contributed by atoms with Gasteiger partial charge in [-0.2, -0.15) is 4.31 Å². The predicted molar refractivity (Wildman–Crippen MR) is 120 cm³/mol. The molecule has 0 amide bonds. The zero-order chi connectivity index (χ0) is 23.4. The van der Waals surface area contributed by atoms with Gasteiger partial charge in [0.25, 0.3) is 0 Å². The summed E-state index contributed by atoms with van der Waals surface area (Å²) in [5, 5.41) is 1.55. The maximum absolute atomic E-state index is 13.7. The summed E-state index contributed by atoms with van der Waals surface area (Å²) >= 11 is 0. The molecule has 0 bridgehead atoms. The van der Waals surface area contributed by atoms with Crippen molar-refractivity contribution >= 4 is 26.8 Å². The van der Waals surface area contributed by atoms with Gasteiger partial charge in [0, 0.05) is 18.0 Å². The molecule has 0 spiro atoms. The maximum Gasteiger partial charge on any atom is 0.326 e. The summed E-state index contributed by atoms with van der Waals surface area (Å²) in [6.07, 6.45) is 0. The minimum atomic E-state index is -4.17. The van der Waals surface area contributed by atoms with Crippen LogP contribution in [0.1, 0.15) is 5.56 Å². The zero-order valence-corrected chi connectivity index (χ0v) is 18.1. The number of hydrogen-bond donors (Lipinski definition) is 0. The Morgan fingerprint density at radius 2 is 1.45 bits per heavy atom. The fourth-order valence-corrected chi connectivity index (χ4v) is 4.85. The van der Waals surface area contributed by atoms with E-state index in [0.717, 1.165) is 21.8 Å². The molecule has 0 atom stereocenters. The number of hydrogen-bond acceptors (Lipinski definition) is 4. The fourth-order valence-electron chi connectivity index (χ4n) is 3.46. The van der Waals surface area contributed by atoms with Crippen LogP contribution in [0.4, 0.5) is 8.78 Å². The number of carbonyl (C=O) groups is 1. The van der Waals surface area contributed by atoms with E-state index in [-0.39, 0.29) is 16.2 Å². The van der Waals surface area contributed by atoms with Gasteiger partial charge in [-0.05, 0) is 41.3 Å². The van der Waals surface area contributed by atoms with Gasteiger partial charge in [-0.15, -0.1) is 0 Å². The summed E-state index contributed by atoms with van der Waals surface area (Å²) in [5.41, 5.74) is 0.0602. The largest absolute Gasteiger partial charge is 0.425 e. The summed E-state index contributed by atoms with van der Waals surface area (Å²) in [7, 11) is -4.17. The molecule has 0 aliphatic heterocycles. The second-order valence-corrected chi connectivity index (χ2v) is 9.25. The predicted octanol–water partition coefficient (Wildman–Crippen LogP) is 4.91. The third-order valence-corrected chi connectivity index (χ3v) is 6.75. The van der Waals surface area contributed by atoms with E-state index in [0.29, 0.717) is 11.5 Å². The van der Waals surface area contributed by atoms with Crippen LogP contribution < -0.4 is 4.74 Å². The van der Waals surface area contributed by atoms with Crippen molar-refractivity contribution in [2.75, 3.05) is 6.54 Å². The Morgan fingerprint density at radius 1 is 0.818 bits per heavy atom. The van der Waals surface area contributed by atoms with Gasteiger partial charge in [-0.25, -0.2) is 17.2 Å². The number of sulfonamides is 1. The van der Waals surface area contributed by atoms with Gasteiger partial charge < -0.3 is 4.74 Å². The fraction of sp³-hybridized carbons (Fsp3) is 0.0800.